The summed E-state index contributed by atoms with van der Waals surface area (Å²) in [5.74, 6) is 0.901. The molecule has 0 aliphatic rings. The molecule has 1 aromatic carbocycles. The van der Waals surface area contributed by atoms with Gasteiger partial charge in [0.05, 0.1) is 7.11 Å². The predicted molar refractivity (Wildman–Crippen MR) is 69.2 cm³/mol. The van der Waals surface area contributed by atoms with E-state index in [1.807, 2.05) is 25.1 Å². The molecule has 1 rings (SSSR count). The fourth-order valence-electron chi connectivity index (χ4n) is 1.65. The van der Waals surface area contributed by atoms with Crippen molar-refractivity contribution in [3.8, 4) is 5.75 Å². The summed E-state index contributed by atoms with van der Waals surface area (Å²) in [6.07, 6.45) is 0.978. The van der Waals surface area contributed by atoms with Crippen LogP contribution in [-0.2, 0) is 6.54 Å². The first-order chi connectivity index (χ1) is 7.61. The predicted octanol–water partition coefficient (Wildman–Crippen LogP) is 3.19. The summed E-state index contributed by atoms with van der Waals surface area (Å²) >= 11 is 5.94. The molecule has 0 aromatic heterocycles. The molecule has 1 aromatic rings. The van der Waals surface area contributed by atoms with Crippen LogP contribution in [0.15, 0.2) is 24.3 Å². The lowest BCUT2D eigenvalue weighted by Crippen LogP contribution is -2.27. The molecule has 0 aliphatic carbocycles. The van der Waals surface area contributed by atoms with E-state index in [9.17, 15) is 0 Å². The Labute approximate surface area is 103 Å². The first-order valence-electron chi connectivity index (χ1n) is 5.62. The van der Waals surface area contributed by atoms with Crippen molar-refractivity contribution in [2.24, 2.45) is 0 Å². The average molecular weight is 242 g/mol. The maximum absolute atomic E-state index is 5.94. The lowest BCUT2D eigenvalue weighted by Gasteiger charge is -2.15. The molecular formula is C13H20ClNO. The SMILES string of the molecule is COc1cccc(CNC(C)CC(C)Cl)c1. The number of nitrogens with one attached hydrogen (secondary N) is 1. The third-order valence-corrected chi connectivity index (χ3v) is 2.65. The monoisotopic (exact) mass is 241 g/mol. The Kier molecular flexibility index (Phi) is 5.64. The molecule has 1 N–H and O–H groups in total. The van der Waals surface area contributed by atoms with E-state index in [0.29, 0.717) is 6.04 Å². The van der Waals surface area contributed by atoms with Gasteiger partial charge in [-0.2, -0.15) is 0 Å². The number of methoxy groups -OCH3 is 1. The quantitative estimate of drug-likeness (QED) is 0.773. The van der Waals surface area contributed by atoms with E-state index in [1.54, 1.807) is 7.11 Å². The van der Waals surface area contributed by atoms with Gasteiger partial charge < -0.3 is 10.1 Å². The van der Waals surface area contributed by atoms with Crippen LogP contribution in [0.25, 0.3) is 0 Å². The average Bonchev–Trinajstić information content (AvgIpc) is 2.26. The fraction of sp³-hybridized carbons (Fsp3) is 0.538. The minimum atomic E-state index is 0.216. The fourth-order valence-corrected chi connectivity index (χ4v) is 1.91. The van der Waals surface area contributed by atoms with Crippen molar-refractivity contribution in [2.75, 3.05) is 7.11 Å². The van der Waals surface area contributed by atoms with Crippen molar-refractivity contribution in [3.05, 3.63) is 29.8 Å². The maximum atomic E-state index is 5.94. The van der Waals surface area contributed by atoms with E-state index in [1.165, 1.54) is 5.56 Å². The second-order valence-corrected chi connectivity index (χ2v) is 4.89. The summed E-state index contributed by atoms with van der Waals surface area (Å²) in [5.41, 5.74) is 1.23. The smallest absolute Gasteiger partial charge is 0.119 e. The minimum Gasteiger partial charge on any atom is -0.497 e. The third kappa shape index (κ3) is 4.86. The highest BCUT2D eigenvalue weighted by Crippen LogP contribution is 2.12. The van der Waals surface area contributed by atoms with Crippen LogP contribution in [-0.4, -0.2) is 18.5 Å². The molecule has 0 heterocycles. The Morgan fingerprint density at radius 3 is 2.75 bits per heavy atom. The van der Waals surface area contributed by atoms with Crippen LogP contribution in [0.2, 0.25) is 0 Å². The summed E-state index contributed by atoms with van der Waals surface area (Å²) in [5, 5.41) is 3.66. The number of rotatable bonds is 6. The standard InChI is InChI=1S/C13H20ClNO/c1-10(14)7-11(2)15-9-12-5-4-6-13(8-12)16-3/h4-6,8,10-11,15H,7,9H2,1-3H3. The zero-order valence-electron chi connectivity index (χ0n) is 10.2. The second kappa shape index (κ2) is 6.77. The zero-order chi connectivity index (χ0) is 12.0. The maximum Gasteiger partial charge on any atom is 0.119 e. The molecular weight excluding hydrogens is 222 g/mol. The highest BCUT2D eigenvalue weighted by molar-refractivity contribution is 6.20. The van der Waals surface area contributed by atoms with Gasteiger partial charge in [-0.15, -0.1) is 11.6 Å². The summed E-state index contributed by atoms with van der Waals surface area (Å²) in [6, 6.07) is 8.52. The number of benzene rings is 1. The van der Waals surface area contributed by atoms with Crippen LogP contribution < -0.4 is 10.1 Å². The number of hydrogen-bond acceptors (Lipinski definition) is 2. The molecule has 2 unspecified atom stereocenters. The third-order valence-electron chi connectivity index (χ3n) is 2.47. The van der Waals surface area contributed by atoms with Crippen molar-refractivity contribution in [2.45, 2.75) is 38.2 Å². The van der Waals surface area contributed by atoms with Crippen LogP contribution in [0.1, 0.15) is 25.8 Å². The van der Waals surface area contributed by atoms with Crippen molar-refractivity contribution >= 4 is 11.6 Å². The highest BCUT2D eigenvalue weighted by Gasteiger charge is 2.05. The molecule has 0 bridgehead atoms. The van der Waals surface area contributed by atoms with Crippen LogP contribution in [0.4, 0.5) is 0 Å². The molecule has 0 aliphatic heterocycles. The van der Waals surface area contributed by atoms with Gasteiger partial charge in [0.1, 0.15) is 5.75 Å². The second-order valence-electron chi connectivity index (χ2n) is 4.15. The van der Waals surface area contributed by atoms with E-state index >= 15 is 0 Å². The molecule has 0 amide bonds. The van der Waals surface area contributed by atoms with E-state index < -0.39 is 0 Å². The van der Waals surface area contributed by atoms with Gasteiger partial charge >= 0.3 is 0 Å². The Balaban J connectivity index is 2.41. The van der Waals surface area contributed by atoms with E-state index in [0.717, 1.165) is 18.7 Å². The minimum absolute atomic E-state index is 0.216. The molecule has 0 radical (unpaired) electrons. The molecule has 2 atom stereocenters. The van der Waals surface area contributed by atoms with Gasteiger partial charge in [-0.1, -0.05) is 12.1 Å². The van der Waals surface area contributed by atoms with Gasteiger partial charge in [-0.05, 0) is 38.0 Å². The van der Waals surface area contributed by atoms with Gasteiger partial charge in [0.15, 0.2) is 0 Å². The topological polar surface area (TPSA) is 21.3 Å². The Bertz CT molecular complexity index is 315. The first-order valence-corrected chi connectivity index (χ1v) is 6.06. The molecule has 90 valence electrons. The van der Waals surface area contributed by atoms with E-state index in [-0.39, 0.29) is 5.38 Å². The molecule has 2 nitrogen and oxygen atoms in total. The van der Waals surface area contributed by atoms with Crippen LogP contribution in [0.3, 0.4) is 0 Å². The van der Waals surface area contributed by atoms with Gasteiger partial charge in [-0.3, -0.25) is 0 Å². The molecule has 0 saturated heterocycles. The molecule has 0 fully saturated rings. The normalized spacial score (nSPS) is 14.5. The van der Waals surface area contributed by atoms with E-state index in [4.69, 9.17) is 16.3 Å². The Hall–Kier alpha value is -0.730. The number of hydrogen-bond donors (Lipinski definition) is 1. The highest BCUT2D eigenvalue weighted by atomic mass is 35.5. The lowest BCUT2D eigenvalue weighted by atomic mass is 10.1. The first kappa shape index (κ1) is 13.3. The summed E-state index contributed by atoms with van der Waals surface area (Å²) in [7, 11) is 1.68. The lowest BCUT2D eigenvalue weighted by molar-refractivity contribution is 0.413. The number of ether oxygens (including phenoxy) is 1. The van der Waals surface area contributed by atoms with Crippen LogP contribution >= 0.6 is 11.6 Å². The number of halogens is 1. The van der Waals surface area contributed by atoms with Crippen molar-refractivity contribution in [3.63, 3.8) is 0 Å². The van der Waals surface area contributed by atoms with Crippen molar-refractivity contribution < 1.29 is 4.74 Å². The van der Waals surface area contributed by atoms with Crippen LogP contribution in [0.5, 0.6) is 5.75 Å². The Morgan fingerprint density at radius 2 is 2.12 bits per heavy atom. The molecule has 16 heavy (non-hydrogen) atoms. The number of alkyl halides is 1. The Morgan fingerprint density at radius 1 is 1.38 bits per heavy atom. The summed E-state index contributed by atoms with van der Waals surface area (Å²) in [6.45, 7) is 5.02. The van der Waals surface area contributed by atoms with Gasteiger partial charge in [-0.25, -0.2) is 0 Å². The van der Waals surface area contributed by atoms with Gasteiger partial charge in [0, 0.05) is 18.0 Å². The zero-order valence-corrected chi connectivity index (χ0v) is 10.9. The van der Waals surface area contributed by atoms with Crippen molar-refractivity contribution in [1.29, 1.82) is 0 Å². The van der Waals surface area contributed by atoms with E-state index in [2.05, 4.69) is 18.3 Å². The summed E-state index contributed by atoms with van der Waals surface area (Å²) in [4.78, 5) is 0. The summed E-state index contributed by atoms with van der Waals surface area (Å²) < 4.78 is 5.18. The molecule has 0 saturated carbocycles. The van der Waals surface area contributed by atoms with Crippen LogP contribution in [0, 0.1) is 0 Å². The molecule has 3 heteroatoms. The molecule has 0 spiro atoms. The van der Waals surface area contributed by atoms with Gasteiger partial charge in [0.2, 0.25) is 0 Å². The van der Waals surface area contributed by atoms with Crippen molar-refractivity contribution in [1.82, 2.24) is 5.32 Å². The van der Waals surface area contributed by atoms with Gasteiger partial charge in [0.25, 0.3) is 0 Å². The largest absolute Gasteiger partial charge is 0.497 e.